The molecule has 0 atom stereocenters. The van der Waals surface area contributed by atoms with Gasteiger partial charge in [0.2, 0.25) is 0 Å². The van der Waals surface area contributed by atoms with Gasteiger partial charge in [-0.3, -0.25) is 9.36 Å². The zero-order chi connectivity index (χ0) is 19.1. The second kappa shape index (κ2) is 6.62. The van der Waals surface area contributed by atoms with Crippen molar-refractivity contribution in [1.29, 1.82) is 0 Å². The zero-order valence-corrected chi connectivity index (χ0v) is 15.5. The first-order valence-corrected chi connectivity index (χ1v) is 9.25. The van der Waals surface area contributed by atoms with E-state index in [4.69, 9.17) is 11.6 Å². The lowest BCUT2D eigenvalue weighted by Crippen LogP contribution is -2.22. The third-order valence-electron chi connectivity index (χ3n) is 4.81. The topological polar surface area (TPSA) is 52.7 Å². The molecule has 0 amide bonds. The number of nitrogens with zero attached hydrogens (tertiary/aromatic N) is 4. The summed E-state index contributed by atoms with van der Waals surface area (Å²) < 4.78 is 3.49. The molecule has 0 saturated heterocycles. The minimum Gasteiger partial charge on any atom is -0.321 e. The molecule has 3 heterocycles. The fourth-order valence-corrected chi connectivity index (χ4v) is 3.71. The van der Waals surface area contributed by atoms with Gasteiger partial charge in [-0.2, -0.15) is 0 Å². The first-order valence-electron chi connectivity index (χ1n) is 8.87. The molecule has 136 valence electrons. The molecule has 2 aromatic carbocycles. The Balaban J connectivity index is 1.84. The maximum atomic E-state index is 13.5. The highest BCUT2D eigenvalue weighted by molar-refractivity contribution is 6.31. The van der Waals surface area contributed by atoms with E-state index in [1.165, 1.54) is 0 Å². The molecule has 0 unspecified atom stereocenters. The Hall–Kier alpha value is -3.44. The maximum Gasteiger partial charge on any atom is 0.282 e. The number of hydrogen-bond acceptors (Lipinski definition) is 3. The van der Waals surface area contributed by atoms with Gasteiger partial charge >= 0.3 is 0 Å². The summed E-state index contributed by atoms with van der Waals surface area (Å²) in [6.07, 6.45) is 3.38. The molecule has 3 aromatic heterocycles. The van der Waals surface area contributed by atoms with Crippen LogP contribution < -0.4 is 5.56 Å². The van der Waals surface area contributed by atoms with Crippen molar-refractivity contribution in [2.45, 2.75) is 6.54 Å². The second-order valence-corrected chi connectivity index (χ2v) is 6.92. The summed E-state index contributed by atoms with van der Waals surface area (Å²) in [7, 11) is 0. The van der Waals surface area contributed by atoms with Crippen LogP contribution >= 0.6 is 11.6 Å². The Kier molecular flexibility index (Phi) is 3.95. The van der Waals surface area contributed by atoms with Gasteiger partial charge in [-0.05, 0) is 35.9 Å². The van der Waals surface area contributed by atoms with Crippen molar-refractivity contribution >= 4 is 33.7 Å². The van der Waals surface area contributed by atoms with Gasteiger partial charge in [-0.15, -0.1) is 0 Å². The van der Waals surface area contributed by atoms with Gasteiger partial charge in [-0.1, -0.05) is 48.0 Å². The van der Waals surface area contributed by atoms with E-state index >= 15 is 0 Å². The molecule has 0 fully saturated rings. The summed E-state index contributed by atoms with van der Waals surface area (Å²) in [5, 5.41) is 1.49. The number of imidazole rings is 1. The quantitative estimate of drug-likeness (QED) is 0.460. The molecular weight excluding hydrogens is 372 g/mol. The standard InChI is InChI=1S/C22H15ClN4O/c23-18-11-5-4-7-15(18)13-26-14-25-19-17-10-6-12-24-21(17)27(22(28)20(19)26)16-8-2-1-3-9-16/h1-12,14H,13H2. The fraction of sp³-hybridized carbons (Fsp3) is 0.0455. The van der Waals surface area contributed by atoms with Crippen LogP contribution in [0.3, 0.4) is 0 Å². The number of hydrogen-bond donors (Lipinski definition) is 0. The lowest BCUT2D eigenvalue weighted by Gasteiger charge is -2.12. The Bertz CT molecular complexity index is 1370. The minimum atomic E-state index is -0.156. The zero-order valence-electron chi connectivity index (χ0n) is 14.8. The third kappa shape index (κ3) is 2.60. The SMILES string of the molecule is O=c1c2c(ncn2Cc2ccccc2Cl)c2cccnc2n1-c1ccccc1. The summed E-state index contributed by atoms with van der Waals surface area (Å²) >= 11 is 6.33. The molecule has 0 N–H and O–H groups in total. The van der Waals surface area contributed by atoms with Gasteiger partial charge in [0, 0.05) is 16.6 Å². The largest absolute Gasteiger partial charge is 0.321 e. The van der Waals surface area contributed by atoms with Crippen LogP contribution in [0.5, 0.6) is 0 Å². The van der Waals surface area contributed by atoms with Crippen molar-refractivity contribution in [2.24, 2.45) is 0 Å². The van der Waals surface area contributed by atoms with Crippen LogP contribution in [0.2, 0.25) is 5.02 Å². The Labute approximate surface area is 165 Å². The van der Waals surface area contributed by atoms with Crippen molar-refractivity contribution in [3.8, 4) is 5.69 Å². The molecule has 0 aliphatic rings. The van der Waals surface area contributed by atoms with E-state index in [9.17, 15) is 4.79 Å². The van der Waals surface area contributed by atoms with Crippen LogP contribution in [0.1, 0.15) is 5.56 Å². The van der Waals surface area contributed by atoms with Crippen LogP contribution in [0.15, 0.2) is 84.0 Å². The molecule has 5 aromatic rings. The predicted octanol–water partition coefficient (Wildman–Crippen LogP) is 4.44. The minimum absolute atomic E-state index is 0.156. The molecule has 0 saturated carbocycles. The first-order chi connectivity index (χ1) is 13.7. The second-order valence-electron chi connectivity index (χ2n) is 6.51. The molecular formula is C22H15ClN4O. The fourth-order valence-electron chi connectivity index (χ4n) is 3.51. The van der Waals surface area contributed by atoms with E-state index < -0.39 is 0 Å². The van der Waals surface area contributed by atoms with Crippen LogP contribution in [0, 0.1) is 0 Å². The van der Waals surface area contributed by atoms with Crippen molar-refractivity contribution in [1.82, 2.24) is 19.1 Å². The van der Waals surface area contributed by atoms with Crippen LogP contribution in [-0.2, 0) is 6.54 Å². The normalized spacial score (nSPS) is 11.3. The highest BCUT2D eigenvalue weighted by Gasteiger charge is 2.18. The third-order valence-corrected chi connectivity index (χ3v) is 5.18. The Morgan fingerprint density at radius 3 is 2.50 bits per heavy atom. The van der Waals surface area contributed by atoms with E-state index in [0.29, 0.717) is 28.2 Å². The van der Waals surface area contributed by atoms with E-state index in [2.05, 4.69) is 9.97 Å². The molecule has 28 heavy (non-hydrogen) atoms. The Morgan fingerprint density at radius 2 is 1.68 bits per heavy atom. The number of benzene rings is 2. The summed E-state index contributed by atoms with van der Waals surface area (Å²) in [6.45, 7) is 0.464. The highest BCUT2D eigenvalue weighted by Crippen LogP contribution is 2.24. The average Bonchev–Trinajstić information content (AvgIpc) is 3.15. The molecule has 5 rings (SSSR count). The smallest absolute Gasteiger partial charge is 0.282 e. The van der Waals surface area contributed by atoms with Crippen LogP contribution in [0.25, 0.3) is 27.8 Å². The van der Waals surface area contributed by atoms with E-state index in [-0.39, 0.29) is 5.56 Å². The lowest BCUT2D eigenvalue weighted by molar-refractivity contribution is 0.816. The van der Waals surface area contributed by atoms with Crippen LogP contribution in [-0.4, -0.2) is 19.1 Å². The number of pyridine rings is 2. The van der Waals surface area contributed by atoms with Crippen molar-refractivity contribution in [3.63, 3.8) is 0 Å². The molecule has 0 radical (unpaired) electrons. The first kappa shape index (κ1) is 16.7. The number of rotatable bonds is 3. The van der Waals surface area contributed by atoms with E-state index in [1.54, 1.807) is 17.1 Å². The van der Waals surface area contributed by atoms with Gasteiger partial charge in [-0.25, -0.2) is 9.97 Å². The molecule has 0 aliphatic carbocycles. The number of halogens is 1. The van der Waals surface area contributed by atoms with Gasteiger partial charge in [0.1, 0.15) is 16.7 Å². The summed E-state index contributed by atoms with van der Waals surface area (Å²) in [5.41, 5.74) is 3.31. The van der Waals surface area contributed by atoms with Crippen molar-refractivity contribution in [2.75, 3.05) is 0 Å². The molecule has 6 heteroatoms. The molecule has 0 spiro atoms. The number of para-hydroxylation sites is 1. The molecule has 0 bridgehead atoms. The van der Waals surface area contributed by atoms with Crippen molar-refractivity contribution in [3.05, 3.63) is 100 Å². The van der Waals surface area contributed by atoms with Gasteiger partial charge < -0.3 is 4.57 Å². The Morgan fingerprint density at radius 1 is 0.893 bits per heavy atom. The van der Waals surface area contributed by atoms with Crippen LogP contribution in [0.4, 0.5) is 0 Å². The molecule has 5 nitrogen and oxygen atoms in total. The highest BCUT2D eigenvalue weighted by atomic mass is 35.5. The van der Waals surface area contributed by atoms with E-state index in [1.807, 2.05) is 71.3 Å². The van der Waals surface area contributed by atoms with E-state index in [0.717, 1.165) is 16.6 Å². The lowest BCUT2D eigenvalue weighted by atomic mass is 10.2. The summed E-state index contributed by atoms with van der Waals surface area (Å²) in [6, 6.07) is 20.9. The molecule has 0 aliphatic heterocycles. The maximum absolute atomic E-state index is 13.5. The van der Waals surface area contributed by atoms with Gasteiger partial charge in [0.15, 0.2) is 0 Å². The van der Waals surface area contributed by atoms with Crippen molar-refractivity contribution < 1.29 is 0 Å². The summed E-state index contributed by atoms with van der Waals surface area (Å²) in [5.74, 6) is 0. The monoisotopic (exact) mass is 386 g/mol. The number of fused-ring (bicyclic) bond motifs is 3. The van der Waals surface area contributed by atoms with Gasteiger partial charge in [0.25, 0.3) is 5.56 Å². The summed E-state index contributed by atoms with van der Waals surface area (Å²) in [4.78, 5) is 22.5. The predicted molar refractivity (Wildman–Crippen MR) is 111 cm³/mol. The average molecular weight is 387 g/mol. The van der Waals surface area contributed by atoms with Gasteiger partial charge in [0.05, 0.1) is 18.6 Å². The number of aromatic nitrogens is 4.